The number of carbonyl (C=O) groups excluding carboxylic acids is 1. The van der Waals surface area contributed by atoms with Crippen molar-refractivity contribution in [3.8, 4) is 5.75 Å². The SMILES string of the molecule is O=C1/C(=C/c2ccc(C(F)(F)F)nc2N2CCCC(F)(F)C2)CCN1c1cccc2ccc(O)cc12. The topological polar surface area (TPSA) is 56.7 Å². The highest BCUT2D eigenvalue weighted by Crippen LogP contribution is 2.37. The largest absolute Gasteiger partial charge is 0.508 e. The summed E-state index contributed by atoms with van der Waals surface area (Å²) in [5.74, 6) is -3.55. The minimum absolute atomic E-state index is 0.0520. The van der Waals surface area contributed by atoms with Crippen LogP contribution in [0.15, 0.2) is 54.1 Å². The van der Waals surface area contributed by atoms with Crippen molar-refractivity contribution in [2.75, 3.05) is 29.4 Å². The fourth-order valence-electron chi connectivity index (χ4n) is 4.77. The number of aromatic hydroxyl groups is 1. The van der Waals surface area contributed by atoms with Gasteiger partial charge in [-0.2, -0.15) is 13.2 Å². The molecule has 3 heterocycles. The van der Waals surface area contributed by atoms with E-state index in [1.54, 1.807) is 35.2 Å². The molecular weight excluding hydrogens is 481 g/mol. The van der Waals surface area contributed by atoms with Crippen LogP contribution in [0.2, 0.25) is 0 Å². The molecule has 2 aliphatic rings. The van der Waals surface area contributed by atoms with E-state index in [-0.39, 0.29) is 42.4 Å². The van der Waals surface area contributed by atoms with E-state index in [9.17, 15) is 31.9 Å². The van der Waals surface area contributed by atoms with Gasteiger partial charge in [0, 0.05) is 36.0 Å². The van der Waals surface area contributed by atoms with Crippen LogP contribution in [0.5, 0.6) is 5.75 Å². The number of phenols is 1. The van der Waals surface area contributed by atoms with Gasteiger partial charge in [0.15, 0.2) is 0 Å². The van der Waals surface area contributed by atoms with Gasteiger partial charge in [0.2, 0.25) is 0 Å². The summed E-state index contributed by atoms with van der Waals surface area (Å²) in [6, 6.07) is 12.2. The Kier molecular flexibility index (Phi) is 5.84. The van der Waals surface area contributed by atoms with Crippen LogP contribution in [0, 0.1) is 0 Å². The van der Waals surface area contributed by atoms with Crippen molar-refractivity contribution < 1.29 is 31.9 Å². The van der Waals surface area contributed by atoms with Crippen LogP contribution < -0.4 is 9.80 Å². The minimum Gasteiger partial charge on any atom is -0.508 e. The van der Waals surface area contributed by atoms with Gasteiger partial charge in [-0.3, -0.25) is 4.79 Å². The summed E-state index contributed by atoms with van der Waals surface area (Å²) in [6.45, 7) is -0.276. The Morgan fingerprint density at radius 3 is 2.61 bits per heavy atom. The minimum atomic E-state index is -4.74. The van der Waals surface area contributed by atoms with Crippen molar-refractivity contribution in [3.05, 3.63) is 65.4 Å². The standard InChI is InChI=1S/C26H22F5N3O2/c27-25(28)10-2-11-33(15-25)23-17(6-8-22(32-23)26(29,30)31)13-18-9-12-34(24(18)36)21-4-1-3-16-5-7-19(35)14-20(16)21/h1,3-8,13-14,35H,2,9-12,15H2/b18-13+. The third kappa shape index (κ3) is 4.59. The molecule has 188 valence electrons. The van der Waals surface area contributed by atoms with Crippen molar-refractivity contribution in [1.82, 2.24) is 4.98 Å². The number of aromatic nitrogens is 1. The molecule has 36 heavy (non-hydrogen) atoms. The highest BCUT2D eigenvalue weighted by Gasteiger charge is 2.38. The third-order valence-electron chi connectivity index (χ3n) is 6.48. The number of benzene rings is 2. The molecule has 0 bridgehead atoms. The average Bonchev–Trinajstić information content (AvgIpc) is 3.17. The van der Waals surface area contributed by atoms with Gasteiger partial charge in [-0.25, -0.2) is 13.8 Å². The van der Waals surface area contributed by atoms with Crippen LogP contribution in [0.3, 0.4) is 0 Å². The number of hydrogen-bond donors (Lipinski definition) is 1. The monoisotopic (exact) mass is 503 g/mol. The van der Waals surface area contributed by atoms with Crippen LogP contribution in [-0.4, -0.2) is 41.6 Å². The molecule has 1 aromatic heterocycles. The van der Waals surface area contributed by atoms with Gasteiger partial charge in [0.25, 0.3) is 11.8 Å². The number of rotatable bonds is 3. The van der Waals surface area contributed by atoms with Crippen LogP contribution in [-0.2, 0) is 11.0 Å². The van der Waals surface area contributed by atoms with Crippen molar-refractivity contribution >= 4 is 34.3 Å². The fraction of sp³-hybridized carbons (Fsp3) is 0.308. The van der Waals surface area contributed by atoms with E-state index in [0.717, 1.165) is 16.4 Å². The molecule has 5 nitrogen and oxygen atoms in total. The molecule has 0 aliphatic carbocycles. The van der Waals surface area contributed by atoms with Crippen molar-refractivity contribution in [2.45, 2.75) is 31.4 Å². The number of fused-ring (bicyclic) bond motifs is 1. The normalized spacial score (nSPS) is 19.5. The molecule has 0 atom stereocenters. The zero-order chi connectivity index (χ0) is 25.7. The fourth-order valence-corrected chi connectivity index (χ4v) is 4.77. The van der Waals surface area contributed by atoms with Crippen LogP contribution in [0.1, 0.15) is 30.5 Å². The van der Waals surface area contributed by atoms with Crippen molar-refractivity contribution in [3.63, 3.8) is 0 Å². The number of piperidine rings is 1. The predicted molar refractivity (Wildman–Crippen MR) is 126 cm³/mol. The number of hydrogen-bond acceptors (Lipinski definition) is 4. The number of nitrogens with zero attached hydrogens (tertiary/aromatic N) is 3. The number of carbonyl (C=O) groups is 1. The first kappa shape index (κ1) is 24.0. The van der Waals surface area contributed by atoms with Gasteiger partial charge >= 0.3 is 6.18 Å². The average molecular weight is 503 g/mol. The molecule has 5 rings (SSSR count). The first-order valence-corrected chi connectivity index (χ1v) is 11.5. The second-order valence-corrected chi connectivity index (χ2v) is 9.05. The van der Waals surface area contributed by atoms with Crippen LogP contribution in [0.4, 0.5) is 33.5 Å². The molecule has 1 amide bonds. The zero-order valence-corrected chi connectivity index (χ0v) is 19.0. The molecule has 2 saturated heterocycles. The molecule has 0 unspecified atom stereocenters. The molecule has 3 aromatic rings. The van der Waals surface area contributed by atoms with E-state index in [0.29, 0.717) is 29.6 Å². The van der Waals surface area contributed by atoms with Crippen LogP contribution in [0.25, 0.3) is 16.8 Å². The van der Waals surface area contributed by atoms with Gasteiger partial charge < -0.3 is 14.9 Å². The van der Waals surface area contributed by atoms with Gasteiger partial charge in [-0.15, -0.1) is 0 Å². The summed E-state index contributed by atoms with van der Waals surface area (Å²) >= 11 is 0. The Morgan fingerprint density at radius 1 is 1.06 bits per heavy atom. The van der Waals surface area contributed by atoms with Crippen molar-refractivity contribution in [2.24, 2.45) is 0 Å². The number of halogens is 5. The summed E-state index contributed by atoms with van der Waals surface area (Å²) in [6.07, 6.45) is -3.21. The van der Waals surface area contributed by atoms with Gasteiger partial charge in [-0.05, 0) is 54.6 Å². The summed E-state index contributed by atoms with van der Waals surface area (Å²) in [7, 11) is 0. The van der Waals surface area contributed by atoms with E-state index in [4.69, 9.17) is 0 Å². The summed E-state index contributed by atoms with van der Waals surface area (Å²) in [5, 5.41) is 11.4. The molecule has 0 spiro atoms. The number of anilines is 2. The maximum atomic E-state index is 14.1. The first-order valence-electron chi connectivity index (χ1n) is 11.5. The molecule has 2 aliphatic heterocycles. The summed E-state index contributed by atoms with van der Waals surface area (Å²) < 4.78 is 68.2. The molecule has 10 heteroatoms. The van der Waals surface area contributed by atoms with Gasteiger partial charge in [0.05, 0.1) is 12.2 Å². The van der Waals surface area contributed by atoms with E-state index in [1.807, 2.05) is 6.07 Å². The Balaban J connectivity index is 1.52. The van der Waals surface area contributed by atoms with E-state index >= 15 is 0 Å². The first-order chi connectivity index (χ1) is 17.0. The van der Waals surface area contributed by atoms with E-state index in [2.05, 4.69) is 4.98 Å². The Labute approximate surface area is 203 Å². The molecule has 2 fully saturated rings. The highest BCUT2D eigenvalue weighted by molar-refractivity contribution is 6.14. The predicted octanol–water partition coefficient (Wildman–Crippen LogP) is 6.02. The Morgan fingerprint density at radius 2 is 1.86 bits per heavy atom. The lowest BCUT2D eigenvalue weighted by molar-refractivity contribution is -0.141. The second-order valence-electron chi connectivity index (χ2n) is 9.05. The van der Waals surface area contributed by atoms with Gasteiger partial charge in [-0.1, -0.05) is 18.2 Å². The lowest BCUT2D eigenvalue weighted by Gasteiger charge is -2.34. The Bertz CT molecular complexity index is 1370. The number of amides is 1. The Hall–Kier alpha value is -3.69. The van der Waals surface area contributed by atoms with E-state index < -0.39 is 24.3 Å². The highest BCUT2D eigenvalue weighted by atomic mass is 19.4. The lowest BCUT2D eigenvalue weighted by Crippen LogP contribution is -2.43. The smallest absolute Gasteiger partial charge is 0.433 e. The number of phenolic OH excluding ortho intramolecular Hbond substituents is 1. The summed E-state index contributed by atoms with van der Waals surface area (Å²) in [5.41, 5.74) is -0.0677. The third-order valence-corrected chi connectivity index (χ3v) is 6.48. The number of pyridine rings is 1. The number of alkyl halides is 5. The molecule has 0 saturated carbocycles. The zero-order valence-electron chi connectivity index (χ0n) is 19.0. The van der Waals surface area contributed by atoms with Crippen LogP contribution >= 0.6 is 0 Å². The maximum absolute atomic E-state index is 14.1. The van der Waals surface area contributed by atoms with Gasteiger partial charge in [0.1, 0.15) is 17.3 Å². The van der Waals surface area contributed by atoms with Crippen molar-refractivity contribution in [1.29, 1.82) is 0 Å². The molecule has 1 N–H and O–H groups in total. The molecule has 0 radical (unpaired) electrons. The van der Waals surface area contributed by atoms with E-state index in [1.165, 1.54) is 12.1 Å². The molecular formula is C26H22F5N3O2. The maximum Gasteiger partial charge on any atom is 0.433 e. The second kappa shape index (κ2) is 8.76. The quantitative estimate of drug-likeness (QED) is 0.351. The lowest BCUT2D eigenvalue weighted by atomic mass is 10.0. The molecule has 2 aromatic carbocycles. The summed E-state index contributed by atoms with van der Waals surface area (Å²) in [4.78, 5) is 19.7.